The SMILES string of the molecule is CCN1C(=O)/C(=C/c2cc(OC)c(OC)cc2Cl)NC1=S. The number of rotatable bonds is 4. The van der Waals surface area contributed by atoms with E-state index in [2.05, 4.69) is 5.32 Å². The van der Waals surface area contributed by atoms with E-state index in [0.29, 0.717) is 39.4 Å². The Bertz CT molecular complexity index is 631. The minimum atomic E-state index is -0.173. The van der Waals surface area contributed by atoms with Crippen molar-refractivity contribution in [1.82, 2.24) is 10.2 Å². The Labute approximate surface area is 133 Å². The lowest BCUT2D eigenvalue weighted by atomic mass is 10.1. The fourth-order valence-corrected chi connectivity index (χ4v) is 2.53. The van der Waals surface area contributed by atoms with Crippen molar-refractivity contribution in [2.75, 3.05) is 20.8 Å². The molecular formula is C14H15ClN2O3S. The van der Waals surface area contributed by atoms with Gasteiger partial charge < -0.3 is 14.8 Å². The van der Waals surface area contributed by atoms with Gasteiger partial charge in [0.05, 0.1) is 19.2 Å². The molecule has 1 aromatic rings. The topological polar surface area (TPSA) is 50.8 Å². The van der Waals surface area contributed by atoms with E-state index < -0.39 is 0 Å². The predicted octanol–water partition coefficient (Wildman–Crippen LogP) is 2.43. The Morgan fingerprint density at radius 1 is 1.33 bits per heavy atom. The molecule has 0 spiro atoms. The van der Waals surface area contributed by atoms with Crippen LogP contribution in [0.5, 0.6) is 11.5 Å². The molecule has 2 rings (SSSR count). The van der Waals surface area contributed by atoms with Crippen LogP contribution in [0.25, 0.3) is 6.08 Å². The van der Waals surface area contributed by atoms with Gasteiger partial charge in [0.1, 0.15) is 5.70 Å². The van der Waals surface area contributed by atoms with E-state index in [-0.39, 0.29) is 5.91 Å². The first-order valence-corrected chi connectivity index (χ1v) is 7.06. The van der Waals surface area contributed by atoms with Crippen LogP contribution >= 0.6 is 23.8 Å². The number of halogens is 1. The second-order valence-corrected chi connectivity index (χ2v) is 5.06. The number of amides is 1. The number of likely N-dealkylation sites (N-methyl/N-ethyl adjacent to an activating group) is 1. The van der Waals surface area contributed by atoms with Crippen LogP contribution in [0.4, 0.5) is 0 Å². The third kappa shape index (κ3) is 2.96. The molecule has 0 radical (unpaired) electrons. The van der Waals surface area contributed by atoms with E-state index in [4.69, 9.17) is 33.3 Å². The molecule has 21 heavy (non-hydrogen) atoms. The zero-order valence-electron chi connectivity index (χ0n) is 11.9. The predicted molar refractivity (Wildman–Crippen MR) is 85.7 cm³/mol. The number of carbonyl (C=O) groups excluding carboxylic acids is 1. The standard InChI is InChI=1S/C14H15ClN2O3S/c1-4-17-13(18)10(16-14(17)21)5-8-6-11(19-2)12(20-3)7-9(8)15/h5-7H,4H2,1-3H3,(H,16,21)/b10-5-. The van der Waals surface area contributed by atoms with Crippen LogP contribution in [-0.4, -0.2) is 36.7 Å². The van der Waals surface area contributed by atoms with Gasteiger partial charge in [-0.15, -0.1) is 0 Å². The van der Waals surface area contributed by atoms with Crippen LogP contribution in [0.2, 0.25) is 5.02 Å². The maximum Gasteiger partial charge on any atom is 0.276 e. The fourth-order valence-electron chi connectivity index (χ4n) is 1.99. The van der Waals surface area contributed by atoms with Crippen molar-refractivity contribution >= 4 is 40.9 Å². The van der Waals surface area contributed by atoms with E-state index in [1.165, 1.54) is 19.1 Å². The smallest absolute Gasteiger partial charge is 0.276 e. The van der Waals surface area contributed by atoms with Gasteiger partial charge in [0, 0.05) is 12.6 Å². The quantitative estimate of drug-likeness (QED) is 0.680. The molecule has 0 bridgehead atoms. The van der Waals surface area contributed by atoms with Gasteiger partial charge in [0.2, 0.25) is 0 Å². The molecule has 1 N–H and O–H groups in total. The van der Waals surface area contributed by atoms with Gasteiger partial charge >= 0.3 is 0 Å². The van der Waals surface area contributed by atoms with Crippen LogP contribution in [0.1, 0.15) is 12.5 Å². The summed E-state index contributed by atoms with van der Waals surface area (Å²) in [6.07, 6.45) is 1.65. The van der Waals surface area contributed by atoms with E-state index in [1.807, 2.05) is 6.92 Å². The first-order chi connectivity index (χ1) is 10.0. The van der Waals surface area contributed by atoms with Crippen LogP contribution in [0.3, 0.4) is 0 Å². The maximum absolute atomic E-state index is 12.1. The minimum absolute atomic E-state index is 0.173. The summed E-state index contributed by atoms with van der Waals surface area (Å²) in [5.41, 5.74) is 1.03. The number of benzene rings is 1. The van der Waals surface area contributed by atoms with Crippen molar-refractivity contribution in [2.24, 2.45) is 0 Å². The second kappa shape index (κ2) is 6.32. The Morgan fingerprint density at radius 2 is 1.95 bits per heavy atom. The molecule has 1 aromatic carbocycles. The lowest BCUT2D eigenvalue weighted by Gasteiger charge is -2.10. The second-order valence-electron chi connectivity index (χ2n) is 4.27. The third-order valence-electron chi connectivity index (χ3n) is 3.08. The molecule has 0 saturated carbocycles. The summed E-state index contributed by atoms with van der Waals surface area (Å²) in [5.74, 6) is 0.892. The van der Waals surface area contributed by atoms with Crippen molar-refractivity contribution in [2.45, 2.75) is 6.92 Å². The monoisotopic (exact) mass is 326 g/mol. The highest BCUT2D eigenvalue weighted by molar-refractivity contribution is 7.80. The zero-order chi connectivity index (χ0) is 15.6. The highest BCUT2D eigenvalue weighted by atomic mass is 35.5. The molecule has 0 aliphatic carbocycles. The van der Waals surface area contributed by atoms with Gasteiger partial charge in [-0.25, -0.2) is 0 Å². The van der Waals surface area contributed by atoms with E-state index in [9.17, 15) is 4.79 Å². The summed E-state index contributed by atoms with van der Waals surface area (Å²) >= 11 is 11.3. The summed E-state index contributed by atoms with van der Waals surface area (Å²) in [4.78, 5) is 13.6. The Kier molecular flexibility index (Phi) is 4.69. The van der Waals surface area contributed by atoms with Gasteiger partial charge in [0.15, 0.2) is 16.6 Å². The van der Waals surface area contributed by atoms with Crippen molar-refractivity contribution in [3.8, 4) is 11.5 Å². The summed E-state index contributed by atoms with van der Waals surface area (Å²) in [6, 6.07) is 3.35. The molecule has 1 aliphatic heterocycles. The molecule has 0 atom stereocenters. The van der Waals surface area contributed by atoms with Crippen LogP contribution in [0.15, 0.2) is 17.8 Å². The summed E-state index contributed by atoms with van der Waals surface area (Å²) in [5, 5.41) is 3.73. The first kappa shape index (κ1) is 15.6. The van der Waals surface area contributed by atoms with Crippen LogP contribution in [-0.2, 0) is 4.79 Å². The number of ether oxygens (including phenoxy) is 2. The number of thiocarbonyl (C=S) groups is 1. The molecule has 7 heteroatoms. The van der Waals surface area contributed by atoms with Crippen LogP contribution in [0, 0.1) is 0 Å². The van der Waals surface area contributed by atoms with Gasteiger partial charge in [0.25, 0.3) is 5.91 Å². The van der Waals surface area contributed by atoms with Crippen molar-refractivity contribution in [1.29, 1.82) is 0 Å². The fraction of sp³-hybridized carbons (Fsp3) is 0.286. The lowest BCUT2D eigenvalue weighted by Crippen LogP contribution is -2.30. The molecule has 0 aromatic heterocycles. The number of carbonyl (C=O) groups is 1. The van der Waals surface area contributed by atoms with E-state index >= 15 is 0 Å². The van der Waals surface area contributed by atoms with Gasteiger partial charge in [-0.3, -0.25) is 9.69 Å². The van der Waals surface area contributed by atoms with Crippen molar-refractivity contribution in [3.05, 3.63) is 28.4 Å². The minimum Gasteiger partial charge on any atom is -0.493 e. The van der Waals surface area contributed by atoms with Crippen molar-refractivity contribution in [3.63, 3.8) is 0 Å². The Balaban J connectivity index is 2.42. The van der Waals surface area contributed by atoms with E-state index in [1.54, 1.807) is 18.2 Å². The summed E-state index contributed by atoms with van der Waals surface area (Å²) in [6.45, 7) is 2.37. The molecule has 1 heterocycles. The van der Waals surface area contributed by atoms with Crippen LogP contribution < -0.4 is 14.8 Å². The molecule has 112 valence electrons. The zero-order valence-corrected chi connectivity index (χ0v) is 13.5. The molecule has 1 saturated heterocycles. The molecule has 1 amide bonds. The van der Waals surface area contributed by atoms with E-state index in [0.717, 1.165) is 0 Å². The van der Waals surface area contributed by atoms with Gasteiger partial charge in [-0.2, -0.15) is 0 Å². The van der Waals surface area contributed by atoms with Gasteiger partial charge in [-0.05, 0) is 36.8 Å². The Hall–Kier alpha value is -1.79. The summed E-state index contributed by atoms with van der Waals surface area (Å²) in [7, 11) is 3.07. The highest BCUT2D eigenvalue weighted by Crippen LogP contribution is 2.34. The maximum atomic E-state index is 12.1. The average molecular weight is 327 g/mol. The number of nitrogens with one attached hydrogen (secondary N) is 1. The molecular weight excluding hydrogens is 312 g/mol. The van der Waals surface area contributed by atoms with Crippen molar-refractivity contribution < 1.29 is 14.3 Å². The first-order valence-electron chi connectivity index (χ1n) is 6.27. The Morgan fingerprint density at radius 3 is 2.48 bits per heavy atom. The number of hydrogen-bond donors (Lipinski definition) is 1. The largest absolute Gasteiger partial charge is 0.493 e. The molecule has 1 aliphatic rings. The molecule has 1 fully saturated rings. The normalized spacial score (nSPS) is 16.4. The number of hydrogen-bond acceptors (Lipinski definition) is 4. The summed E-state index contributed by atoms with van der Waals surface area (Å²) < 4.78 is 10.4. The molecule has 0 unspecified atom stereocenters. The number of nitrogens with zero attached hydrogens (tertiary/aromatic N) is 1. The lowest BCUT2D eigenvalue weighted by molar-refractivity contribution is -0.122. The average Bonchev–Trinajstić information content (AvgIpc) is 2.74. The molecule has 5 nitrogen and oxygen atoms in total. The highest BCUT2D eigenvalue weighted by Gasteiger charge is 2.29. The third-order valence-corrected chi connectivity index (χ3v) is 3.73. The van der Waals surface area contributed by atoms with Gasteiger partial charge in [-0.1, -0.05) is 11.6 Å². The number of methoxy groups -OCH3 is 2.